The van der Waals surface area contributed by atoms with Crippen molar-refractivity contribution in [1.29, 1.82) is 0 Å². The molecule has 0 aliphatic heterocycles. The minimum absolute atomic E-state index is 0.0165. The number of carbonyl (C=O) groups is 9. The van der Waals surface area contributed by atoms with Crippen molar-refractivity contribution in [2.45, 2.75) is 110 Å². The fraction of sp³-hybridized carbons (Fsp3) is 0.523. The molecule has 0 aliphatic rings. The molecule has 0 fully saturated rings. The van der Waals surface area contributed by atoms with Crippen molar-refractivity contribution in [1.82, 2.24) is 42.5 Å². The molecule has 11 N–H and O–H groups in total. The Kier molecular flexibility index (Phi) is 22.5. The van der Waals surface area contributed by atoms with Gasteiger partial charge in [-0.2, -0.15) is 0 Å². The highest BCUT2D eigenvalue weighted by Gasteiger charge is 2.33. The summed E-state index contributed by atoms with van der Waals surface area (Å²) in [6, 6.07) is 10.8. The summed E-state index contributed by atoms with van der Waals surface area (Å²) < 4.78 is 0. The van der Waals surface area contributed by atoms with Crippen LogP contribution in [0.5, 0.6) is 0 Å². The smallest absolute Gasteiger partial charge is 0.322 e. The van der Waals surface area contributed by atoms with Crippen LogP contribution in [-0.4, -0.2) is 114 Å². The Morgan fingerprint density at radius 1 is 0.492 bits per heavy atom. The summed E-state index contributed by atoms with van der Waals surface area (Å²) >= 11 is 0. The highest BCUT2D eigenvalue weighted by molar-refractivity contribution is 5.97. The fourth-order valence-corrected chi connectivity index (χ4v) is 6.33. The van der Waals surface area contributed by atoms with Crippen LogP contribution in [0.15, 0.2) is 60.7 Å². The van der Waals surface area contributed by atoms with E-state index in [1.54, 1.807) is 74.5 Å². The van der Waals surface area contributed by atoms with Crippen LogP contribution >= 0.6 is 0 Å². The molecule has 0 bridgehead atoms. The topological polar surface area (TPSA) is 296 Å². The fourth-order valence-electron chi connectivity index (χ4n) is 6.33. The number of carbonyl (C=O) groups excluding carboxylic acids is 8. The molecule has 0 radical (unpaired) electrons. The van der Waals surface area contributed by atoms with Crippen LogP contribution in [-0.2, 0) is 56.0 Å². The van der Waals surface area contributed by atoms with Gasteiger partial charge in [0.15, 0.2) is 0 Å². The molecule has 0 saturated carbocycles. The number of amides is 8. The molecule has 0 spiro atoms. The zero-order valence-electron chi connectivity index (χ0n) is 37.1. The average molecular weight is 880 g/mol. The first-order chi connectivity index (χ1) is 29.7. The molecule has 2 aromatic carbocycles. The minimum atomic E-state index is -1.26. The standard InChI is InChI=1S/C44H65N9O10/c1-25(2)18-31(51-43(62)34(21-30-16-12-9-13-17-30)52-44(63)38(27(5)6)53-39(58)28(7)48-35(54)22-45)40(59)46-23-36(55)49-33(20-29-14-10-8-11-15-29)42(61)50-32(19-26(3)4)41(60)47-24-37(56)57/h8-17,25-28,31-34,38H,18-24,45H2,1-7H3,(H,46,59)(H,47,60)(H,48,54)(H,49,55)(H,50,61)(H,51,62)(H,52,63)(H,53,58)(H,56,57)/t28-,31-,32-,33-,34-,38-/m0/s1. The zero-order chi connectivity index (χ0) is 47.2. The Morgan fingerprint density at radius 3 is 1.33 bits per heavy atom. The van der Waals surface area contributed by atoms with Gasteiger partial charge < -0.3 is 53.4 Å². The first kappa shape index (κ1) is 52.8. The molecule has 0 saturated heterocycles. The van der Waals surface area contributed by atoms with Gasteiger partial charge in [-0.25, -0.2) is 0 Å². The van der Waals surface area contributed by atoms with Crippen molar-refractivity contribution in [3.8, 4) is 0 Å². The van der Waals surface area contributed by atoms with Crippen molar-refractivity contribution in [3.63, 3.8) is 0 Å². The third kappa shape index (κ3) is 19.9. The first-order valence-electron chi connectivity index (χ1n) is 21.1. The maximum atomic E-state index is 14.0. The predicted molar refractivity (Wildman–Crippen MR) is 234 cm³/mol. The summed E-state index contributed by atoms with van der Waals surface area (Å²) in [5.41, 5.74) is 6.72. The minimum Gasteiger partial charge on any atom is -0.480 e. The molecule has 0 aliphatic carbocycles. The van der Waals surface area contributed by atoms with E-state index in [9.17, 15) is 43.2 Å². The number of carboxylic acids is 1. The maximum absolute atomic E-state index is 14.0. The molecule has 2 aromatic rings. The van der Waals surface area contributed by atoms with Gasteiger partial charge in [-0.3, -0.25) is 43.2 Å². The van der Waals surface area contributed by atoms with Gasteiger partial charge in [0, 0.05) is 12.8 Å². The summed E-state index contributed by atoms with van der Waals surface area (Å²) in [5.74, 6) is -7.37. The van der Waals surface area contributed by atoms with E-state index in [2.05, 4.69) is 42.5 Å². The molecule has 19 heteroatoms. The number of nitrogens with two attached hydrogens (primary N) is 1. The third-order valence-electron chi connectivity index (χ3n) is 9.57. The first-order valence-corrected chi connectivity index (χ1v) is 21.1. The van der Waals surface area contributed by atoms with Crippen molar-refractivity contribution in [2.75, 3.05) is 19.6 Å². The monoisotopic (exact) mass is 879 g/mol. The van der Waals surface area contributed by atoms with Gasteiger partial charge in [0.2, 0.25) is 47.3 Å². The lowest BCUT2D eigenvalue weighted by Crippen LogP contribution is -2.60. The van der Waals surface area contributed by atoms with E-state index in [-0.39, 0.29) is 44.1 Å². The second-order valence-corrected chi connectivity index (χ2v) is 16.5. The van der Waals surface area contributed by atoms with Gasteiger partial charge in [0.1, 0.15) is 42.8 Å². The SMILES string of the molecule is CC(C)C[C@H](NC(=O)[C@H](Cc1ccccc1)NC(=O)CNC(=O)[C@H](CC(C)C)NC(=O)[C@H](Cc1ccccc1)NC(=O)[C@@H](NC(=O)[C@H](C)NC(=O)CN)C(C)C)C(=O)NCC(=O)O. The average Bonchev–Trinajstić information content (AvgIpc) is 3.22. The molecule has 19 nitrogen and oxygen atoms in total. The normalized spacial score (nSPS) is 13.9. The van der Waals surface area contributed by atoms with E-state index < -0.39 is 108 Å². The summed E-state index contributed by atoms with van der Waals surface area (Å²) in [4.78, 5) is 117. The molecular weight excluding hydrogens is 815 g/mol. The van der Waals surface area contributed by atoms with Crippen LogP contribution in [0.3, 0.4) is 0 Å². The largest absolute Gasteiger partial charge is 0.480 e. The van der Waals surface area contributed by atoms with Crippen LogP contribution in [0, 0.1) is 17.8 Å². The van der Waals surface area contributed by atoms with Crippen LogP contribution in [0.1, 0.15) is 72.4 Å². The van der Waals surface area contributed by atoms with Crippen LogP contribution in [0.25, 0.3) is 0 Å². The van der Waals surface area contributed by atoms with Crippen LogP contribution < -0.4 is 48.3 Å². The molecule has 6 atom stereocenters. The highest BCUT2D eigenvalue weighted by atomic mass is 16.4. The Hall–Kier alpha value is -6.37. The predicted octanol–water partition coefficient (Wildman–Crippen LogP) is -0.576. The van der Waals surface area contributed by atoms with Gasteiger partial charge >= 0.3 is 5.97 Å². The van der Waals surface area contributed by atoms with Gasteiger partial charge in [0.05, 0.1) is 13.1 Å². The van der Waals surface area contributed by atoms with Crippen LogP contribution in [0.2, 0.25) is 0 Å². The van der Waals surface area contributed by atoms with E-state index in [1.807, 2.05) is 27.7 Å². The summed E-state index contributed by atoms with van der Waals surface area (Å²) in [6.45, 7) is 10.6. The van der Waals surface area contributed by atoms with Crippen molar-refractivity contribution in [2.24, 2.45) is 23.5 Å². The summed E-state index contributed by atoms with van der Waals surface area (Å²) in [7, 11) is 0. The van der Waals surface area contributed by atoms with E-state index in [0.717, 1.165) is 0 Å². The lowest BCUT2D eigenvalue weighted by Gasteiger charge is -2.28. The van der Waals surface area contributed by atoms with E-state index in [4.69, 9.17) is 10.8 Å². The molecule has 8 amide bonds. The lowest BCUT2D eigenvalue weighted by molar-refractivity contribution is -0.138. The Bertz CT molecular complexity index is 1860. The zero-order valence-corrected chi connectivity index (χ0v) is 37.1. The van der Waals surface area contributed by atoms with Gasteiger partial charge in [-0.15, -0.1) is 0 Å². The highest BCUT2D eigenvalue weighted by Crippen LogP contribution is 2.11. The van der Waals surface area contributed by atoms with Gasteiger partial charge in [0.25, 0.3) is 0 Å². The summed E-state index contributed by atoms with van der Waals surface area (Å²) in [5, 5.41) is 29.6. The number of hydrogen-bond donors (Lipinski definition) is 10. The van der Waals surface area contributed by atoms with E-state index in [1.165, 1.54) is 6.92 Å². The Labute approximate surface area is 368 Å². The van der Waals surface area contributed by atoms with Gasteiger partial charge in [-0.05, 0) is 48.6 Å². The molecule has 346 valence electrons. The molecule has 0 aromatic heterocycles. The molecule has 63 heavy (non-hydrogen) atoms. The number of nitrogens with one attached hydrogen (secondary N) is 8. The number of hydrogen-bond acceptors (Lipinski definition) is 10. The maximum Gasteiger partial charge on any atom is 0.322 e. The lowest BCUT2D eigenvalue weighted by atomic mass is 9.99. The molecular formula is C44H65N9O10. The van der Waals surface area contributed by atoms with E-state index in [0.29, 0.717) is 11.1 Å². The third-order valence-corrected chi connectivity index (χ3v) is 9.57. The number of benzene rings is 2. The van der Waals surface area contributed by atoms with Crippen LogP contribution in [0.4, 0.5) is 0 Å². The summed E-state index contributed by atoms with van der Waals surface area (Å²) in [6.07, 6.45) is 0.358. The van der Waals surface area contributed by atoms with Crippen molar-refractivity contribution >= 4 is 53.2 Å². The quantitative estimate of drug-likeness (QED) is 0.0571. The Morgan fingerprint density at radius 2 is 0.921 bits per heavy atom. The number of carboxylic acid groups (broad SMARTS) is 1. The second-order valence-electron chi connectivity index (χ2n) is 16.5. The molecule has 2 rings (SSSR count). The second kappa shape index (κ2) is 26.9. The number of aliphatic carboxylic acids is 1. The number of rotatable bonds is 26. The molecule has 0 unspecified atom stereocenters. The molecule has 0 heterocycles. The van der Waals surface area contributed by atoms with Crippen molar-refractivity contribution < 1.29 is 48.3 Å². The van der Waals surface area contributed by atoms with Gasteiger partial charge in [-0.1, -0.05) is 102 Å². The van der Waals surface area contributed by atoms with Crippen molar-refractivity contribution in [3.05, 3.63) is 71.8 Å². The Balaban J connectivity index is 2.27. The van der Waals surface area contributed by atoms with E-state index >= 15 is 0 Å².